The van der Waals surface area contributed by atoms with Crippen LogP contribution in [0.15, 0.2) is 36.8 Å². The molecule has 2 aromatic rings. The van der Waals surface area contributed by atoms with E-state index in [-0.39, 0.29) is 11.8 Å². The molecule has 29 heavy (non-hydrogen) atoms. The zero-order chi connectivity index (χ0) is 20.6. The van der Waals surface area contributed by atoms with Crippen molar-refractivity contribution >= 4 is 29.0 Å². The number of methoxy groups -OCH3 is 1. The third-order valence-corrected chi connectivity index (χ3v) is 5.56. The van der Waals surface area contributed by atoms with Crippen molar-refractivity contribution in [1.82, 2.24) is 15.3 Å². The molecule has 1 aliphatic carbocycles. The molecule has 8 heteroatoms. The highest BCUT2D eigenvalue weighted by Crippen LogP contribution is 2.29. The second-order valence-electron chi connectivity index (χ2n) is 7.19. The lowest BCUT2D eigenvalue weighted by molar-refractivity contribution is 0.0463. The Labute approximate surface area is 176 Å². The van der Waals surface area contributed by atoms with Crippen LogP contribution in [0.3, 0.4) is 0 Å². The van der Waals surface area contributed by atoms with E-state index < -0.39 is 6.23 Å². The van der Waals surface area contributed by atoms with Gasteiger partial charge >= 0.3 is 0 Å². The summed E-state index contributed by atoms with van der Waals surface area (Å²) < 4.78 is 5.21. The van der Waals surface area contributed by atoms with E-state index >= 15 is 0 Å². The number of carbonyl (C=O) groups excluding carboxylic acids is 1. The Hall–Kier alpha value is -2.22. The number of amides is 1. The molecule has 0 bridgehead atoms. The maximum Gasteiger partial charge on any atom is 0.254 e. The van der Waals surface area contributed by atoms with Crippen molar-refractivity contribution < 1.29 is 14.6 Å². The van der Waals surface area contributed by atoms with Gasteiger partial charge < -0.3 is 20.1 Å². The van der Waals surface area contributed by atoms with Crippen LogP contribution in [-0.2, 0) is 4.74 Å². The van der Waals surface area contributed by atoms with Crippen molar-refractivity contribution in [3.8, 4) is 0 Å². The zero-order valence-electron chi connectivity index (χ0n) is 16.6. The fourth-order valence-corrected chi connectivity index (χ4v) is 3.83. The van der Waals surface area contributed by atoms with Gasteiger partial charge in [0.15, 0.2) is 5.82 Å². The number of nitrogens with one attached hydrogen (secondary N) is 1. The topological polar surface area (TPSA) is 87.6 Å². The molecule has 1 unspecified atom stereocenters. The van der Waals surface area contributed by atoms with Crippen molar-refractivity contribution in [2.24, 2.45) is 5.92 Å². The zero-order valence-corrected chi connectivity index (χ0v) is 17.3. The standard InChI is InChI=1S/C21H27ClN4O3/c1-29-12-11-26(19-14-23-9-10-24-19)16-7-8-18(22)17(13-16)21(28)25-20(27)15-5-3-2-4-6-15/h7-10,13-15,20,27H,2-6,11-12H2,1H3,(H,25,28). The quantitative estimate of drug-likeness (QED) is 0.637. The van der Waals surface area contributed by atoms with Crippen molar-refractivity contribution in [1.29, 1.82) is 0 Å². The van der Waals surface area contributed by atoms with Crippen molar-refractivity contribution in [3.63, 3.8) is 0 Å². The molecule has 1 aromatic heterocycles. The minimum Gasteiger partial charge on any atom is -0.383 e. The molecule has 7 nitrogen and oxygen atoms in total. The number of halogens is 1. The summed E-state index contributed by atoms with van der Waals surface area (Å²) in [5.41, 5.74) is 1.05. The minimum absolute atomic E-state index is 0.0902. The third kappa shape index (κ3) is 5.65. The molecule has 2 N–H and O–H groups in total. The lowest BCUT2D eigenvalue weighted by atomic mass is 9.88. The molecule has 0 saturated heterocycles. The number of aliphatic hydroxyl groups is 1. The molecule has 1 amide bonds. The number of benzene rings is 1. The molecule has 1 aromatic carbocycles. The summed E-state index contributed by atoms with van der Waals surface area (Å²) in [6.45, 7) is 1.00. The van der Waals surface area contributed by atoms with Crippen LogP contribution in [0.1, 0.15) is 42.5 Å². The fourth-order valence-electron chi connectivity index (χ4n) is 3.62. The van der Waals surface area contributed by atoms with Crippen LogP contribution < -0.4 is 10.2 Å². The SMILES string of the molecule is COCCN(c1ccc(Cl)c(C(=O)NC(O)C2CCCCC2)c1)c1cnccn1. The summed E-state index contributed by atoms with van der Waals surface area (Å²) in [6, 6.07) is 5.20. The van der Waals surface area contributed by atoms with Crippen molar-refractivity contribution in [2.45, 2.75) is 38.3 Å². The summed E-state index contributed by atoms with van der Waals surface area (Å²) in [6.07, 6.45) is 9.19. The number of rotatable bonds is 8. The second-order valence-corrected chi connectivity index (χ2v) is 7.60. The highest BCUT2D eigenvalue weighted by atomic mass is 35.5. The van der Waals surface area contributed by atoms with Gasteiger partial charge in [0, 0.05) is 37.7 Å². The second kappa shape index (κ2) is 10.5. The summed E-state index contributed by atoms with van der Waals surface area (Å²) in [7, 11) is 1.63. The summed E-state index contributed by atoms with van der Waals surface area (Å²) in [4.78, 5) is 23.2. The molecule has 1 fully saturated rings. The third-order valence-electron chi connectivity index (χ3n) is 5.23. The monoisotopic (exact) mass is 418 g/mol. The molecule has 3 rings (SSSR count). The highest BCUT2D eigenvalue weighted by Gasteiger charge is 2.24. The van der Waals surface area contributed by atoms with Crippen LogP contribution in [0.2, 0.25) is 5.02 Å². The molecule has 1 heterocycles. The number of aliphatic hydroxyl groups excluding tert-OH is 1. The van der Waals surface area contributed by atoms with E-state index in [1.54, 1.807) is 37.8 Å². The smallest absolute Gasteiger partial charge is 0.254 e. The molecular weight excluding hydrogens is 392 g/mol. The molecule has 1 atom stereocenters. The fraction of sp³-hybridized carbons (Fsp3) is 0.476. The highest BCUT2D eigenvalue weighted by molar-refractivity contribution is 6.34. The summed E-state index contributed by atoms with van der Waals surface area (Å²) in [5.74, 6) is 0.341. The number of hydrogen-bond acceptors (Lipinski definition) is 6. The van der Waals surface area contributed by atoms with Crippen LogP contribution >= 0.6 is 11.6 Å². The van der Waals surface area contributed by atoms with Crippen LogP contribution in [0.4, 0.5) is 11.5 Å². The summed E-state index contributed by atoms with van der Waals surface area (Å²) >= 11 is 6.30. The first-order valence-electron chi connectivity index (χ1n) is 9.91. The predicted molar refractivity (Wildman–Crippen MR) is 112 cm³/mol. The Bertz CT molecular complexity index is 800. The van der Waals surface area contributed by atoms with Crippen LogP contribution in [0.5, 0.6) is 0 Å². The minimum atomic E-state index is -0.868. The van der Waals surface area contributed by atoms with Gasteiger partial charge in [-0.2, -0.15) is 0 Å². The van der Waals surface area contributed by atoms with Crippen molar-refractivity contribution in [2.75, 3.05) is 25.2 Å². The number of ether oxygens (including phenoxy) is 1. The molecule has 1 saturated carbocycles. The molecule has 1 aliphatic rings. The number of carbonyl (C=O) groups is 1. The Balaban J connectivity index is 1.80. The molecular formula is C21H27ClN4O3. The van der Waals surface area contributed by atoms with Crippen LogP contribution in [0.25, 0.3) is 0 Å². The Morgan fingerprint density at radius 1 is 1.34 bits per heavy atom. The normalized spacial score (nSPS) is 15.7. The van der Waals surface area contributed by atoms with Gasteiger partial charge in [0.2, 0.25) is 0 Å². The van der Waals surface area contributed by atoms with E-state index in [0.717, 1.165) is 31.4 Å². The van der Waals surface area contributed by atoms with Gasteiger partial charge in [0.1, 0.15) is 6.23 Å². The lowest BCUT2D eigenvalue weighted by Gasteiger charge is -2.27. The first-order valence-corrected chi connectivity index (χ1v) is 10.3. The molecule has 156 valence electrons. The number of anilines is 2. The van der Waals surface area contributed by atoms with Gasteiger partial charge in [0.25, 0.3) is 5.91 Å². The van der Waals surface area contributed by atoms with Crippen molar-refractivity contribution in [3.05, 3.63) is 47.4 Å². The first kappa shape index (κ1) is 21.5. The van der Waals surface area contributed by atoms with Gasteiger partial charge in [-0.3, -0.25) is 9.78 Å². The van der Waals surface area contributed by atoms with Gasteiger partial charge in [-0.15, -0.1) is 0 Å². The number of nitrogens with zero attached hydrogens (tertiary/aromatic N) is 3. The molecule has 0 spiro atoms. The largest absolute Gasteiger partial charge is 0.383 e. The average Bonchev–Trinajstić information content (AvgIpc) is 2.76. The first-order chi connectivity index (χ1) is 14.1. The van der Waals surface area contributed by atoms with E-state index in [1.807, 2.05) is 11.0 Å². The van der Waals surface area contributed by atoms with Crippen LogP contribution in [-0.4, -0.2) is 47.5 Å². The maximum atomic E-state index is 12.8. The maximum absolute atomic E-state index is 12.8. The Kier molecular flexibility index (Phi) is 7.80. The predicted octanol–water partition coefficient (Wildman–Crippen LogP) is 3.54. The van der Waals surface area contributed by atoms with E-state index in [4.69, 9.17) is 16.3 Å². The number of hydrogen-bond donors (Lipinski definition) is 2. The van der Waals surface area contributed by atoms with E-state index in [1.165, 1.54) is 6.42 Å². The van der Waals surface area contributed by atoms with E-state index in [9.17, 15) is 9.90 Å². The Morgan fingerprint density at radius 3 is 2.83 bits per heavy atom. The Morgan fingerprint density at radius 2 is 2.14 bits per heavy atom. The average molecular weight is 419 g/mol. The lowest BCUT2D eigenvalue weighted by Crippen LogP contribution is -2.41. The molecule has 0 radical (unpaired) electrons. The van der Waals surface area contributed by atoms with Gasteiger partial charge in [-0.05, 0) is 31.0 Å². The van der Waals surface area contributed by atoms with Gasteiger partial charge in [-0.25, -0.2) is 4.98 Å². The van der Waals surface area contributed by atoms with E-state index in [0.29, 0.717) is 29.6 Å². The van der Waals surface area contributed by atoms with E-state index in [2.05, 4.69) is 15.3 Å². The number of aromatic nitrogens is 2. The van der Waals surface area contributed by atoms with Crippen LogP contribution in [0, 0.1) is 5.92 Å². The van der Waals surface area contributed by atoms with Gasteiger partial charge in [0.05, 0.1) is 23.4 Å². The summed E-state index contributed by atoms with van der Waals surface area (Å²) in [5, 5.41) is 13.5. The molecule has 0 aliphatic heterocycles. The van der Waals surface area contributed by atoms with Gasteiger partial charge in [-0.1, -0.05) is 30.9 Å².